The summed E-state index contributed by atoms with van der Waals surface area (Å²) in [5.74, 6) is 0.954. The van der Waals surface area contributed by atoms with Crippen LogP contribution in [0.4, 0.5) is 0 Å². The van der Waals surface area contributed by atoms with Crippen LogP contribution in [0.2, 0.25) is 5.02 Å². The van der Waals surface area contributed by atoms with E-state index in [1.54, 1.807) is 6.21 Å². The first-order chi connectivity index (χ1) is 14.4. The lowest BCUT2D eigenvalue weighted by Gasteiger charge is -2.09. The van der Waals surface area contributed by atoms with Gasteiger partial charge >= 0.3 is 0 Å². The Morgan fingerprint density at radius 2 is 1.77 bits per heavy atom. The van der Waals surface area contributed by atoms with E-state index in [0.717, 1.165) is 38.4 Å². The number of nitrogens with one attached hydrogen (secondary N) is 1. The molecule has 0 saturated carbocycles. The average Bonchev–Trinajstić information content (AvgIpc) is 2.93. The van der Waals surface area contributed by atoms with Crippen LogP contribution in [0.5, 0.6) is 0 Å². The Labute approximate surface area is 194 Å². The summed E-state index contributed by atoms with van der Waals surface area (Å²) in [6.07, 6.45) is 1.69. The Bertz CT molecular complexity index is 1060. The number of benzene rings is 2. The molecule has 0 aliphatic rings. The first-order valence-electron chi connectivity index (χ1n) is 9.45. The Kier molecular flexibility index (Phi) is 7.81. The van der Waals surface area contributed by atoms with Crippen molar-refractivity contribution in [2.75, 3.05) is 5.75 Å². The fraction of sp³-hybridized carbons (Fsp3) is 0.217. The maximum Gasteiger partial charge on any atom is 0.250 e. The zero-order valence-corrected chi connectivity index (χ0v) is 20.2. The zero-order valence-electron chi connectivity index (χ0n) is 17.1. The van der Waals surface area contributed by atoms with Crippen molar-refractivity contribution in [3.63, 3.8) is 0 Å². The normalized spacial score (nSPS) is 11.2. The highest BCUT2D eigenvalue weighted by molar-refractivity contribution is 9.10. The summed E-state index contributed by atoms with van der Waals surface area (Å²) in [6, 6.07) is 16.0. The number of hydrazone groups is 1. The molecule has 0 atom stereocenters. The number of aromatic nitrogens is 1. The van der Waals surface area contributed by atoms with Crippen molar-refractivity contribution in [2.45, 2.75) is 26.5 Å². The topological polar surface area (TPSA) is 46.4 Å². The molecule has 156 valence electrons. The second kappa shape index (κ2) is 10.3. The summed E-state index contributed by atoms with van der Waals surface area (Å²) in [5.41, 5.74) is 9.15. The van der Waals surface area contributed by atoms with Crippen molar-refractivity contribution in [3.05, 3.63) is 86.1 Å². The van der Waals surface area contributed by atoms with Gasteiger partial charge in [-0.2, -0.15) is 5.10 Å². The van der Waals surface area contributed by atoms with Crippen molar-refractivity contribution in [1.29, 1.82) is 0 Å². The molecule has 7 heteroatoms. The van der Waals surface area contributed by atoms with Gasteiger partial charge in [-0.15, -0.1) is 11.8 Å². The number of amides is 1. The molecule has 30 heavy (non-hydrogen) atoms. The minimum Gasteiger partial charge on any atom is -0.317 e. The molecule has 1 amide bonds. The Morgan fingerprint density at radius 1 is 1.10 bits per heavy atom. The highest BCUT2D eigenvalue weighted by Gasteiger charge is 2.15. The monoisotopic (exact) mass is 503 g/mol. The molecule has 0 aliphatic heterocycles. The molecule has 0 unspecified atom stereocenters. The van der Waals surface area contributed by atoms with Crippen LogP contribution in [0.15, 0.2) is 58.1 Å². The number of hydrogen-bond acceptors (Lipinski definition) is 3. The molecule has 1 heterocycles. The molecule has 0 saturated heterocycles. The highest BCUT2D eigenvalue weighted by atomic mass is 79.9. The summed E-state index contributed by atoms with van der Waals surface area (Å²) in [7, 11) is 0. The van der Waals surface area contributed by atoms with Crippen LogP contribution in [-0.4, -0.2) is 22.4 Å². The van der Waals surface area contributed by atoms with Gasteiger partial charge in [-0.05, 0) is 66.5 Å². The second-order valence-corrected chi connectivity index (χ2v) is 9.20. The van der Waals surface area contributed by atoms with Crippen LogP contribution in [0.1, 0.15) is 28.1 Å². The van der Waals surface area contributed by atoms with Crippen LogP contribution >= 0.6 is 39.3 Å². The van der Waals surface area contributed by atoms with Crippen LogP contribution < -0.4 is 5.43 Å². The number of aryl methyl sites for hydroxylation is 1. The Morgan fingerprint density at radius 3 is 2.43 bits per heavy atom. The quantitative estimate of drug-likeness (QED) is 0.307. The molecular formula is C23H23BrClN3OS. The Balaban J connectivity index is 1.60. The predicted octanol–water partition coefficient (Wildman–Crippen LogP) is 6.20. The molecule has 1 N–H and O–H groups in total. The SMILES string of the molecule is Cc1ccc(-n2c(C)c(Br)c(/C=N\NC(=O)CSCc3ccc(Cl)cc3)c2C)cc1. The largest absolute Gasteiger partial charge is 0.317 e. The van der Waals surface area contributed by atoms with E-state index in [9.17, 15) is 4.79 Å². The van der Waals surface area contributed by atoms with Crippen molar-refractivity contribution in [1.82, 2.24) is 9.99 Å². The van der Waals surface area contributed by atoms with Crippen LogP contribution in [0.25, 0.3) is 5.69 Å². The van der Waals surface area contributed by atoms with Crippen molar-refractivity contribution in [2.24, 2.45) is 5.10 Å². The van der Waals surface area contributed by atoms with Crippen LogP contribution in [0, 0.1) is 20.8 Å². The molecule has 0 aliphatic carbocycles. The summed E-state index contributed by atoms with van der Waals surface area (Å²) in [6.45, 7) is 6.17. The number of rotatable bonds is 7. The number of carbonyl (C=O) groups is 1. The van der Waals surface area contributed by atoms with E-state index in [4.69, 9.17) is 11.6 Å². The maximum atomic E-state index is 12.1. The second-order valence-electron chi connectivity index (χ2n) is 6.98. The van der Waals surface area contributed by atoms with Crippen LogP contribution in [0.3, 0.4) is 0 Å². The van der Waals surface area contributed by atoms with Gasteiger partial charge in [0.1, 0.15) is 0 Å². The van der Waals surface area contributed by atoms with E-state index < -0.39 is 0 Å². The lowest BCUT2D eigenvalue weighted by atomic mass is 10.2. The van der Waals surface area contributed by atoms with E-state index >= 15 is 0 Å². The minimum absolute atomic E-state index is 0.131. The molecule has 3 rings (SSSR count). The molecular weight excluding hydrogens is 482 g/mol. The van der Waals surface area contributed by atoms with Crippen molar-refractivity contribution < 1.29 is 4.79 Å². The molecule has 0 spiro atoms. The molecule has 2 aromatic carbocycles. The standard InChI is InChI=1S/C23H23BrClN3OS/c1-15-4-10-20(11-5-15)28-16(2)21(23(24)17(28)3)12-26-27-22(29)14-30-13-18-6-8-19(25)9-7-18/h4-12H,13-14H2,1-3H3,(H,27,29)/b26-12-. The van der Waals surface area contributed by atoms with Gasteiger partial charge in [0.2, 0.25) is 5.91 Å². The van der Waals surface area contributed by atoms with E-state index in [1.165, 1.54) is 17.3 Å². The van der Waals surface area contributed by atoms with Gasteiger partial charge in [0.05, 0.1) is 12.0 Å². The summed E-state index contributed by atoms with van der Waals surface area (Å²) < 4.78 is 3.14. The van der Waals surface area contributed by atoms with Gasteiger partial charge in [0.25, 0.3) is 0 Å². The number of halogens is 2. The zero-order chi connectivity index (χ0) is 21.7. The maximum absolute atomic E-state index is 12.1. The fourth-order valence-corrected chi connectivity index (χ4v) is 4.57. The van der Waals surface area contributed by atoms with Crippen molar-refractivity contribution in [3.8, 4) is 5.69 Å². The van der Waals surface area contributed by atoms with E-state index in [-0.39, 0.29) is 5.91 Å². The van der Waals surface area contributed by atoms with E-state index in [1.807, 2.05) is 31.2 Å². The first-order valence-corrected chi connectivity index (χ1v) is 11.8. The molecule has 0 fully saturated rings. The van der Waals surface area contributed by atoms with E-state index in [2.05, 4.69) is 69.1 Å². The first kappa shape index (κ1) is 22.7. The smallest absolute Gasteiger partial charge is 0.250 e. The average molecular weight is 505 g/mol. The fourth-order valence-electron chi connectivity index (χ4n) is 3.10. The highest BCUT2D eigenvalue weighted by Crippen LogP contribution is 2.29. The molecule has 0 bridgehead atoms. The Hall–Kier alpha value is -2.02. The summed E-state index contributed by atoms with van der Waals surface area (Å²) in [4.78, 5) is 12.1. The molecule has 0 radical (unpaired) electrons. The van der Waals surface area contributed by atoms with Crippen LogP contribution in [-0.2, 0) is 10.5 Å². The summed E-state index contributed by atoms with van der Waals surface area (Å²) >= 11 is 11.1. The number of hydrogen-bond donors (Lipinski definition) is 1. The lowest BCUT2D eigenvalue weighted by Crippen LogP contribution is -2.19. The predicted molar refractivity (Wildman–Crippen MR) is 131 cm³/mol. The third-order valence-corrected chi connectivity index (χ3v) is 6.96. The van der Waals surface area contributed by atoms with Gasteiger partial charge < -0.3 is 4.57 Å². The van der Waals surface area contributed by atoms with Gasteiger partial charge in [-0.3, -0.25) is 4.79 Å². The third-order valence-electron chi connectivity index (χ3n) is 4.70. The molecule has 4 nitrogen and oxygen atoms in total. The third kappa shape index (κ3) is 5.56. The molecule has 3 aromatic rings. The van der Waals surface area contributed by atoms with Gasteiger partial charge in [0, 0.05) is 37.9 Å². The van der Waals surface area contributed by atoms with Gasteiger partial charge in [-0.1, -0.05) is 41.4 Å². The van der Waals surface area contributed by atoms with E-state index in [0.29, 0.717) is 10.8 Å². The summed E-state index contributed by atoms with van der Waals surface area (Å²) in [5, 5.41) is 4.88. The van der Waals surface area contributed by atoms with Gasteiger partial charge in [-0.25, -0.2) is 5.43 Å². The number of thioether (sulfide) groups is 1. The number of nitrogens with zero attached hydrogens (tertiary/aromatic N) is 2. The number of carbonyl (C=O) groups excluding carboxylic acids is 1. The van der Waals surface area contributed by atoms with Gasteiger partial charge in [0.15, 0.2) is 0 Å². The minimum atomic E-state index is -0.131. The lowest BCUT2D eigenvalue weighted by molar-refractivity contribution is -0.118. The molecule has 1 aromatic heterocycles. The van der Waals surface area contributed by atoms with Crippen molar-refractivity contribution >= 4 is 51.4 Å².